The van der Waals surface area contributed by atoms with Gasteiger partial charge in [0.05, 0.1) is 22.1 Å². The highest BCUT2D eigenvalue weighted by atomic mass is 32.1. The topological polar surface area (TPSA) is 9.86 Å². The number of hydrogen-bond acceptors (Lipinski definition) is 2. The van der Waals surface area contributed by atoms with Gasteiger partial charge >= 0.3 is 0 Å². The van der Waals surface area contributed by atoms with Gasteiger partial charge in [-0.3, -0.25) is 0 Å². The number of hydrogen-bond donors (Lipinski definition) is 0. The summed E-state index contributed by atoms with van der Waals surface area (Å²) in [6, 6.07) is 72.0. The predicted octanol–water partition coefficient (Wildman–Crippen LogP) is 16.0. The van der Waals surface area contributed by atoms with Gasteiger partial charge in [-0.1, -0.05) is 115 Å². The first kappa shape index (κ1) is 32.1. The van der Waals surface area contributed by atoms with Gasteiger partial charge in [0.15, 0.2) is 0 Å². The van der Waals surface area contributed by atoms with Crippen molar-refractivity contribution in [1.82, 2.24) is 9.13 Å². The van der Waals surface area contributed by atoms with E-state index < -0.39 is 0 Å². The third-order valence-corrected chi connectivity index (χ3v) is 14.4. The van der Waals surface area contributed by atoms with Crippen molar-refractivity contribution in [3.8, 4) is 33.6 Å². The van der Waals surface area contributed by atoms with E-state index in [4.69, 9.17) is 0 Å². The zero-order chi connectivity index (χ0) is 37.9. The van der Waals surface area contributed by atoms with E-state index in [1.165, 1.54) is 106 Å². The summed E-state index contributed by atoms with van der Waals surface area (Å²) in [5, 5.41) is 10.3. The van der Waals surface area contributed by atoms with E-state index in [9.17, 15) is 0 Å². The van der Waals surface area contributed by atoms with E-state index in [1.54, 1.807) is 0 Å². The normalized spacial score (nSPS) is 12.1. The molecule has 0 fully saturated rings. The van der Waals surface area contributed by atoms with Crippen LogP contribution in [0.15, 0.2) is 194 Å². The molecule has 270 valence electrons. The van der Waals surface area contributed by atoms with Gasteiger partial charge in [0, 0.05) is 73.3 Å². The first-order valence-electron chi connectivity index (χ1n) is 19.7. The molecule has 0 radical (unpaired) electrons. The van der Waals surface area contributed by atoms with Crippen molar-refractivity contribution in [3.63, 3.8) is 0 Å². The van der Waals surface area contributed by atoms with Crippen LogP contribution in [-0.2, 0) is 0 Å². The Labute approximate surface area is 341 Å². The Morgan fingerprint density at radius 3 is 1.38 bits per heavy atom. The number of benzene rings is 9. The Morgan fingerprint density at radius 2 is 0.759 bits per heavy atom. The summed E-state index contributed by atoms with van der Waals surface area (Å²) in [6.45, 7) is 0. The van der Waals surface area contributed by atoms with Crippen molar-refractivity contribution in [2.75, 3.05) is 0 Å². The Bertz CT molecular complexity index is 3820. The molecular weight excluding hydrogens is 741 g/mol. The standard InChI is InChI=1S/C54H32N2S2/c1-5-19-46-39(15-1)42-25-26-48-53(54(42)56(46)38-14-10-12-34(30-38)36-24-28-52-45(32-36)41-17-4-8-22-50(41)58-52)43-18-2-6-20-47(43)55(48)37-13-9-11-33(29-37)35-23-27-51-44(31-35)40-16-3-7-21-49(40)57-51/h1-32H. The maximum atomic E-state index is 2.50. The smallest absolute Gasteiger partial charge is 0.0641 e. The summed E-state index contributed by atoms with van der Waals surface area (Å²) < 4.78 is 10.3. The van der Waals surface area contributed by atoms with Gasteiger partial charge < -0.3 is 9.13 Å². The van der Waals surface area contributed by atoms with Crippen LogP contribution >= 0.6 is 22.7 Å². The lowest BCUT2D eigenvalue weighted by Crippen LogP contribution is -1.96. The Kier molecular flexibility index (Phi) is 6.79. The number of aromatic nitrogens is 2. The monoisotopic (exact) mass is 772 g/mol. The lowest BCUT2D eigenvalue weighted by molar-refractivity contribution is 1.17. The molecule has 0 bridgehead atoms. The quantitative estimate of drug-likeness (QED) is 0.169. The second-order valence-electron chi connectivity index (χ2n) is 15.3. The van der Waals surface area contributed by atoms with Gasteiger partial charge in [-0.25, -0.2) is 0 Å². The van der Waals surface area contributed by atoms with Crippen LogP contribution in [-0.4, -0.2) is 9.13 Å². The van der Waals surface area contributed by atoms with Crippen LogP contribution in [0.3, 0.4) is 0 Å². The molecule has 0 amide bonds. The molecule has 2 nitrogen and oxygen atoms in total. The first-order chi connectivity index (χ1) is 28.7. The fourth-order valence-electron chi connectivity index (χ4n) is 9.52. The predicted molar refractivity (Wildman–Crippen MR) is 252 cm³/mol. The maximum absolute atomic E-state index is 2.50. The van der Waals surface area contributed by atoms with E-state index in [0.717, 1.165) is 11.4 Å². The fraction of sp³-hybridized carbons (Fsp3) is 0. The van der Waals surface area contributed by atoms with Gasteiger partial charge in [0.2, 0.25) is 0 Å². The molecule has 0 aliphatic carbocycles. The fourth-order valence-corrected chi connectivity index (χ4v) is 11.7. The Hall–Kier alpha value is -6.98. The van der Waals surface area contributed by atoms with Crippen molar-refractivity contribution in [2.24, 2.45) is 0 Å². The Balaban J connectivity index is 1.03. The van der Waals surface area contributed by atoms with Gasteiger partial charge in [-0.05, 0) is 101 Å². The number of para-hydroxylation sites is 2. The summed E-state index contributed by atoms with van der Waals surface area (Å²) in [6.07, 6.45) is 0. The number of thiophene rings is 2. The van der Waals surface area contributed by atoms with Gasteiger partial charge in [0.1, 0.15) is 0 Å². The summed E-state index contributed by atoms with van der Waals surface area (Å²) in [7, 11) is 0. The van der Waals surface area contributed by atoms with Crippen LogP contribution in [0, 0.1) is 0 Å². The van der Waals surface area contributed by atoms with Crippen LogP contribution in [0.5, 0.6) is 0 Å². The van der Waals surface area contributed by atoms with Gasteiger partial charge in [0.25, 0.3) is 0 Å². The molecule has 4 heteroatoms. The van der Waals surface area contributed by atoms with E-state index in [2.05, 4.69) is 203 Å². The van der Waals surface area contributed by atoms with Crippen LogP contribution in [0.25, 0.3) is 118 Å². The average Bonchev–Trinajstić information content (AvgIpc) is 4.03. The average molecular weight is 773 g/mol. The highest BCUT2D eigenvalue weighted by molar-refractivity contribution is 7.26. The molecule has 0 saturated carbocycles. The molecule has 4 heterocycles. The number of rotatable bonds is 4. The molecule has 4 aromatic heterocycles. The van der Waals surface area contributed by atoms with Crippen molar-refractivity contribution in [2.45, 2.75) is 0 Å². The van der Waals surface area contributed by atoms with Crippen molar-refractivity contribution in [1.29, 1.82) is 0 Å². The van der Waals surface area contributed by atoms with Gasteiger partial charge in [-0.15, -0.1) is 22.7 Å². The molecule has 0 spiro atoms. The largest absolute Gasteiger partial charge is 0.309 e. The van der Waals surface area contributed by atoms with Crippen molar-refractivity contribution < 1.29 is 0 Å². The summed E-state index contributed by atoms with van der Waals surface area (Å²) >= 11 is 3.73. The zero-order valence-corrected chi connectivity index (χ0v) is 32.8. The molecule has 13 rings (SSSR count). The molecular formula is C54H32N2S2. The second kappa shape index (κ2) is 12.3. The first-order valence-corrected chi connectivity index (χ1v) is 21.4. The highest BCUT2D eigenvalue weighted by Crippen LogP contribution is 2.44. The SMILES string of the molecule is c1cc(-c2ccc3sc4ccccc4c3c2)cc(-n2c3ccccc3c3c2ccc2c4ccccc4n(-c4cccc(-c5ccc6sc7ccccc7c6c5)c4)c23)c1. The molecule has 0 aliphatic heterocycles. The number of fused-ring (bicyclic) bond motifs is 13. The minimum atomic E-state index is 1.15. The van der Waals surface area contributed by atoms with Crippen LogP contribution < -0.4 is 0 Å². The lowest BCUT2D eigenvalue weighted by Gasteiger charge is -2.12. The minimum absolute atomic E-state index is 1.15. The molecule has 13 aromatic rings. The van der Waals surface area contributed by atoms with E-state index in [-0.39, 0.29) is 0 Å². The molecule has 9 aromatic carbocycles. The molecule has 0 aliphatic rings. The Morgan fingerprint density at radius 1 is 0.276 bits per heavy atom. The zero-order valence-electron chi connectivity index (χ0n) is 31.2. The summed E-state index contributed by atoms with van der Waals surface area (Å²) in [5.41, 5.74) is 12.0. The van der Waals surface area contributed by atoms with Crippen molar-refractivity contribution in [3.05, 3.63) is 194 Å². The molecule has 0 saturated heterocycles. The van der Waals surface area contributed by atoms with E-state index in [1.807, 2.05) is 22.7 Å². The minimum Gasteiger partial charge on any atom is -0.309 e. The maximum Gasteiger partial charge on any atom is 0.0641 e. The highest BCUT2D eigenvalue weighted by Gasteiger charge is 2.21. The summed E-state index contributed by atoms with van der Waals surface area (Å²) in [5.74, 6) is 0. The van der Waals surface area contributed by atoms with Crippen LogP contribution in [0.4, 0.5) is 0 Å². The van der Waals surface area contributed by atoms with E-state index in [0.29, 0.717) is 0 Å². The van der Waals surface area contributed by atoms with E-state index >= 15 is 0 Å². The second-order valence-corrected chi connectivity index (χ2v) is 17.4. The molecule has 0 atom stereocenters. The van der Waals surface area contributed by atoms with Crippen LogP contribution in [0.1, 0.15) is 0 Å². The van der Waals surface area contributed by atoms with Gasteiger partial charge in [-0.2, -0.15) is 0 Å². The molecule has 0 N–H and O–H groups in total. The molecule has 0 unspecified atom stereocenters. The molecule has 58 heavy (non-hydrogen) atoms. The summed E-state index contributed by atoms with van der Waals surface area (Å²) in [4.78, 5) is 0. The van der Waals surface area contributed by atoms with Crippen molar-refractivity contribution >= 4 is 107 Å². The third-order valence-electron chi connectivity index (χ3n) is 12.1. The lowest BCUT2D eigenvalue weighted by atomic mass is 10.0. The van der Waals surface area contributed by atoms with Crippen LogP contribution in [0.2, 0.25) is 0 Å². The third kappa shape index (κ3) is 4.64. The number of nitrogens with zero attached hydrogens (tertiary/aromatic N) is 2.